The summed E-state index contributed by atoms with van der Waals surface area (Å²) in [5.41, 5.74) is 1.73. The van der Waals surface area contributed by atoms with Crippen LogP contribution in [0.3, 0.4) is 0 Å². The van der Waals surface area contributed by atoms with Gasteiger partial charge in [-0.3, -0.25) is 9.59 Å². The number of carbonyl (C=O) groups is 3. The molecule has 0 saturated carbocycles. The van der Waals surface area contributed by atoms with Crippen molar-refractivity contribution in [2.24, 2.45) is 4.99 Å². The number of imide groups is 1. The van der Waals surface area contributed by atoms with Crippen LogP contribution in [0.15, 0.2) is 45.8 Å². The molecule has 1 aliphatic rings. The fourth-order valence-electron chi connectivity index (χ4n) is 2.45. The van der Waals surface area contributed by atoms with Gasteiger partial charge in [0.25, 0.3) is 5.91 Å². The molecule has 0 aliphatic carbocycles. The number of aliphatic imine (C=N–C) groups is 1. The molecule has 1 aromatic carbocycles. The largest absolute Gasteiger partial charge is 0.466 e. The van der Waals surface area contributed by atoms with Crippen LogP contribution in [-0.4, -0.2) is 35.0 Å². The number of carbonyl (C=O) groups excluding carboxylic acids is 3. The van der Waals surface area contributed by atoms with Crippen LogP contribution in [0.1, 0.15) is 17.1 Å². The number of hydrogen-bond donors (Lipinski definition) is 1. The second-order valence-corrected chi connectivity index (χ2v) is 5.84. The van der Waals surface area contributed by atoms with E-state index in [1.54, 1.807) is 31.2 Å². The molecular formula is C18H17N3O4. The lowest BCUT2D eigenvalue weighted by atomic mass is 10.2. The first kappa shape index (κ1) is 16.6. The molecular weight excluding hydrogens is 322 g/mol. The molecule has 0 radical (unpaired) electrons. The normalized spacial score (nSPS) is 14.0. The molecule has 2 heterocycles. The molecule has 4 amide bonds. The Kier molecular flexibility index (Phi) is 4.47. The Morgan fingerprint density at radius 2 is 1.84 bits per heavy atom. The number of hydrogen-bond acceptors (Lipinski definition) is 4. The van der Waals surface area contributed by atoms with Gasteiger partial charge in [-0.25, -0.2) is 9.69 Å². The minimum atomic E-state index is -0.734. The van der Waals surface area contributed by atoms with Crippen molar-refractivity contribution < 1.29 is 18.8 Å². The molecule has 0 fully saturated rings. The Labute approximate surface area is 144 Å². The van der Waals surface area contributed by atoms with E-state index < -0.39 is 17.8 Å². The number of urea groups is 1. The Hall–Kier alpha value is -3.22. The van der Waals surface area contributed by atoms with E-state index >= 15 is 0 Å². The molecule has 0 bridgehead atoms. The monoisotopic (exact) mass is 339 g/mol. The molecule has 0 saturated heterocycles. The van der Waals surface area contributed by atoms with Crippen LogP contribution >= 0.6 is 0 Å². The summed E-state index contributed by atoms with van der Waals surface area (Å²) < 4.78 is 5.39. The second-order valence-electron chi connectivity index (χ2n) is 5.84. The number of furan rings is 1. The summed E-state index contributed by atoms with van der Waals surface area (Å²) >= 11 is 0. The lowest BCUT2D eigenvalue weighted by Crippen LogP contribution is -2.39. The molecule has 0 unspecified atom stereocenters. The van der Waals surface area contributed by atoms with Gasteiger partial charge in [-0.1, -0.05) is 17.7 Å². The maximum Gasteiger partial charge on any atom is 0.351 e. The molecule has 0 spiro atoms. The number of benzene rings is 1. The quantitative estimate of drug-likeness (QED) is 0.906. The fraction of sp³-hybridized carbons (Fsp3) is 0.222. The van der Waals surface area contributed by atoms with Gasteiger partial charge in [-0.2, -0.15) is 4.99 Å². The van der Waals surface area contributed by atoms with Gasteiger partial charge >= 0.3 is 6.03 Å². The first-order valence-corrected chi connectivity index (χ1v) is 7.77. The SMILES string of the molecule is Cc1ccc(NC(=O)CN2C(=O)N=C(Cc3ccc(C)o3)C2=O)cc1. The van der Waals surface area contributed by atoms with Crippen LogP contribution in [0.2, 0.25) is 0 Å². The second kappa shape index (κ2) is 6.72. The fourth-order valence-corrected chi connectivity index (χ4v) is 2.45. The van der Waals surface area contributed by atoms with E-state index in [9.17, 15) is 14.4 Å². The summed E-state index contributed by atoms with van der Waals surface area (Å²) in [6.07, 6.45) is 0.120. The number of anilines is 1. The van der Waals surface area contributed by atoms with Crippen LogP contribution in [-0.2, 0) is 16.0 Å². The van der Waals surface area contributed by atoms with Crippen LogP contribution in [0.5, 0.6) is 0 Å². The van der Waals surface area contributed by atoms with Crippen LogP contribution in [0, 0.1) is 13.8 Å². The highest BCUT2D eigenvalue weighted by Gasteiger charge is 2.34. The predicted molar refractivity (Wildman–Crippen MR) is 91.5 cm³/mol. The lowest BCUT2D eigenvalue weighted by molar-refractivity contribution is -0.125. The molecule has 128 valence electrons. The van der Waals surface area contributed by atoms with Crippen molar-refractivity contribution in [1.29, 1.82) is 0 Å². The van der Waals surface area contributed by atoms with Crippen LogP contribution < -0.4 is 5.32 Å². The number of rotatable bonds is 5. The zero-order chi connectivity index (χ0) is 18.0. The van der Waals surface area contributed by atoms with Crippen molar-refractivity contribution in [3.05, 3.63) is 53.5 Å². The van der Waals surface area contributed by atoms with Crippen molar-refractivity contribution >= 4 is 29.2 Å². The van der Waals surface area contributed by atoms with Crippen molar-refractivity contribution in [1.82, 2.24) is 4.90 Å². The van der Waals surface area contributed by atoms with Crippen LogP contribution in [0.4, 0.5) is 10.5 Å². The van der Waals surface area contributed by atoms with E-state index in [1.807, 2.05) is 19.1 Å². The molecule has 3 rings (SSSR count). The van der Waals surface area contributed by atoms with Crippen molar-refractivity contribution in [3.63, 3.8) is 0 Å². The van der Waals surface area contributed by atoms with E-state index in [0.717, 1.165) is 10.5 Å². The molecule has 0 atom stereocenters. The molecule has 1 aromatic heterocycles. The van der Waals surface area contributed by atoms with E-state index in [0.29, 0.717) is 17.2 Å². The lowest BCUT2D eigenvalue weighted by Gasteiger charge is -2.13. The minimum absolute atomic E-state index is 0.0717. The topological polar surface area (TPSA) is 92.0 Å². The van der Waals surface area contributed by atoms with E-state index in [2.05, 4.69) is 10.3 Å². The first-order chi connectivity index (χ1) is 11.9. The standard InChI is InChI=1S/C18H17N3O4/c1-11-3-6-13(7-4-11)19-16(22)10-21-17(23)15(20-18(21)24)9-14-8-5-12(2)25-14/h3-8H,9-10H2,1-2H3,(H,19,22). The van der Waals surface area contributed by atoms with Gasteiger partial charge in [0.15, 0.2) is 0 Å². The maximum atomic E-state index is 12.3. The third-order valence-electron chi connectivity index (χ3n) is 3.73. The maximum absolute atomic E-state index is 12.3. The van der Waals surface area contributed by atoms with Crippen molar-refractivity contribution in [2.75, 3.05) is 11.9 Å². The summed E-state index contributed by atoms with van der Waals surface area (Å²) in [6, 6.07) is 9.97. The summed E-state index contributed by atoms with van der Waals surface area (Å²) in [7, 11) is 0. The van der Waals surface area contributed by atoms with Gasteiger partial charge in [0, 0.05) is 5.69 Å². The Bertz CT molecular complexity index is 865. The Morgan fingerprint density at radius 3 is 2.48 bits per heavy atom. The predicted octanol–water partition coefficient (Wildman–Crippen LogP) is 2.48. The highest BCUT2D eigenvalue weighted by molar-refractivity contribution is 6.46. The summed E-state index contributed by atoms with van der Waals surface area (Å²) in [4.78, 5) is 40.9. The Morgan fingerprint density at radius 1 is 1.12 bits per heavy atom. The van der Waals surface area contributed by atoms with E-state index in [1.165, 1.54) is 0 Å². The van der Waals surface area contributed by atoms with Crippen molar-refractivity contribution in [3.8, 4) is 0 Å². The summed E-state index contributed by atoms with van der Waals surface area (Å²) in [5, 5.41) is 2.65. The number of nitrogens with one attached hydrogen (secondary N) is 1. The third kappa shape index (κ3) is 3.82. The average Bonchev–Trinajstić information content (AvgIpc) is 3.08. The van der Waals surface area contributed by atoms with Gasteiger partial charge in [0.05, 0.1) is 6.42 Å². The zero-order valence-electron chi connectivity index (χ0n) is 13.9. The van der Waals surface area contributed by atoms with Gasteiger partial charge < -0.3 is 9.73 Å². The van der Waals surface area contributed by atoms with Gasteiger partial charge in [-0.05, 0) is 38.1 Å². The van der Waals surface area contributed by atoms with Gasteiger partial charge in [-0.15, -0.1) is 0 Å². The number of nitrogens with zero attached hydrogens (tertiary/aromatic N) is 2. The van der Waals surface area contributed by atoms with Crippen molar-refractivity contribution in [2.45, 2.75) is 20.3 Å². The minimum Gasteiger partial charge on any atom is -0.466 e. The molecule has 7 heteroatoms. The number of aryl methyl sites for hydroxylation is 2. The van der Waals surface area contributed by atoms with E-state index in [-0.39, 0.29) is 18.7 Å². The number of amides is 4. The van der Waals surface area contributed by atoms with E-state index in [4.69, 9.17) is 4.42 Å². The van der Waals surface area contributed by atoms with Gasteiger partial charge in [0.2, 0.25) is 5.91 Å². The Balaban J connectivity index is 1.61. The molecule has 1 N–H and O–H groups in total. The van der Waals surface area contributed by atoms with Gasteiger partial charge in [0.1, 0.15) is 23.8 Å². The average molecular weight is 339 g/mol. The molecule has 25 heavy (non-hydrogen) atoms. The molecule has 7 nitrogen and oxygen atoms in total. The molecule has 1 aliphatic heterocycles. The first-order valence-electron chi connectivity index (χ1n) is 7.77. The summed E-state index contributed by atoms with van der Waals surface area (Å²) in [6.45, 7) is 3.34. The molecule has 2 aromatic rings. The summed E-state index contributed by atoms with van der Waals surface area (Å²) in [5.74, 6) is 0.221. The smallest absolute Gasteiger partial charge is 0.351 e. The zero-order valence-corrected chi connectivity index (χ0v) is 13.9. The highest BCUT2D eigenvalue weighted by atomic mass is 16.3. The highest BCUT2D eigenvalue weighted by Crippen LogP contribution is 2.14. The third-order valence-corrected chi connectivity index (χ3v) is 3.73. The van der Waals surface area contributed by atoms with Crippen LogP contribution in [0.25, 0.3) is 0 Å².